The first-order valence-electron chi connectivity index (χ1n) is 7.30. The zero-order chi connectivity index (χ0) is 18.8. The van der Waals surface area contributed by atoms with Gasteiger partial charge in [0.25, 0.3) is 0 Å². The third kappa shape index (κ3) is 5.24. The van der Waals surface area contributed by atoms with Gasteiger partial charge in [-0.05, 0) is 30.5 Å². The number of benzene rings is 1. The molecule has 1 N–H and O–H groups in total. The summed E-state index contributed by atoms with van der Waals surface area (Å²) in [5.74, 6) is -0.0274. The molecule has 2 aromatic rings. The Hall–Kier alpha value is -1.49. The van der Waals surface area contributed by atoms with Gasteiger partial charge in [0, 0.05) is 11.3 Å². The molecule has 0 spiro atoms. The van der Waals surface area contributed by atoms with Crippen molar-refractivity contribution < 1.29 is 21.3 Å². The van der Waals surface area contributed by atoms with Crippen molar-refractivity contribution in [2.24, 2.45) is 5.92 Å². The van der Waals surface area contributed by atoms with Crippen molar-refractivity contribution >= 4 is 31.5 Å². The normalized spacial score (nSPS) is 14.0. The van der Waals surface area contributed by atoms with Gasteiger partial charge in [0.05, 0.1) is 4.90 Å². The second-order valence-corrected chi connectivity index (χ2v) is 9.98. The van der Waals surface area contributed by atoms with Gasteiger partial charge in [-0.1, -0.05) is 36.6 Å². The highest BCUT2D eigenvalue weighted by Gasteiger charge is 2.28. The maximum atomic E-state index is 12.6. The van der Waals surface area contributed by atoms with Crippen LogP contribution in [0.4, 0.5) is 0 Å². The number of sulfonamides is 1. The Morgan fingerprint density at radius 3 is 2.40 bits per heavy atom. The Kier molecular flexibility index (Phi) is 5.87. The summed E-state index contributed by atoms with van der Waals surface area (Å²) < 4.78 is 55.7. The summed E-state index contributed by atoms with van der Waals surface area (Å²) in [6.07, 6.45) is 1.27. The lowest BCUT2D eigenvalue weighted by Crippen LogP contribution is -2.30. The smallest absolute Gasteiger partial charge is 0.335 e. The molecule has 1 heterocycles. The molecular formula is C14H18ClN3O5S2. The van der Waals surface area contributed by atoms with Gasteiger partial charge in [0.15, 0.2) is 0 Å². The molecule has 2 rings (SSSR count). The molecule has 0 saturated carbocycles. The van der Waals surface area contributed by atoms with Crippen LogP contribution >= 0.6 is 11.6 Å². The van der Waals surface area contributed by atoms with Gasteiger partial charge in [-0.15, -0.1) is 5.10 Å². The average Bonchev–Trinajstić information content (AvgIpc) is 2.95. The van der Waals surface area contributed by atoms with Crippen LogP contribution in [0.15, 0.2) is 38.8 Å². The van der Waals surface area contributed by atoms with Gasteiger partial charge in [-0.3, -0.25) is 0 Å². The average molecular weight is 408 g/mol. The Labute approximate surface area is 151 Å². The molecule has 0 fully saturated rings. The SMILES string of the molecule is CC(C)C[C@H](NS(=O)(=O)c1cccc(Cl)c1)c1nnc(S(C)(=O)=O)o1. The molecule has 0 aliphatic heterocycles. The van der Waals surface area contributed by atoms with Gasteiger partial charge >= 0.3 is 5.22 Å². The van der Waals surface area contributed by atoms with Crippen LogP contribution in [-0.2, 0) is 19.9 Å². The van der Waals surface area contributed by atoms with Crippen molar-refractivity contribution in [2.45, 2.75) is 36.4 Å². The van der Waals surface area contributed by atoms with Crippen molar-refractivity contribution in [2.75, 3.05) is 6.26 Å². The fourth-order valence-corrected chi connectivity index (χ4v) is 4.00. The molecule has 1 aromatic heterocycles. The van der Waals surface area contributed by atoms with Crippen LogP contribution in [0.1, 0.15) is 32.2 Å². The molecule has 0 aliphatic rings. The maximum absolute atomic E-state index is 12.6. The summed E-state index contributed by atoms with van der Waals surface area (Å²) in [5.41, 5.74) is 0. The first-order valence-corrected chi connectivity index (χ1v) is 11.1. The van der Waals surface area contributed by atoms with Crippen LogP contribution in [0.5, 0.6) is 0 Å². The molecule has 8 nitrogen and oxygen atoms in total. The monoisotopic (exact) mass is 407 g/mol. The largest absolute Gasteiger partial charge is 0.411 e. The minimum Gasteiger partial charge on any atom is -0.411 e. The topological polar surface area (TPSA) is 119 Å². The highest BCUT2D eigenvalue weighted by Crippen LogP contribution is 2.25. The number of halogens is 1. The van der Waals surface area contributed by atoms with Gasteiger partial charge < -0.3 is 4.42 Å². The van der Waals surface area contributed by atoms with Crippen molar-refractivity contribution in [1.82, 2.24) is 14.9 Å². The first kappa shape index (κ1) is 19.8. The van der Waals surface area contributed by atoms with Crippen LogP contribution in [-0.4, -0.2) is 33.3 Å². The minimum atomic E-state index is -3.91. The molecule has 25 heavy (non-hydrogen) atoms. The summed E-state index contributed by atoms with van der Waals surface area (Å²) in [6.45, 7) is 3.77. The standard InChI is InChI=1S/C14H18ClN3O5S2/c1-9(2)7-12(13-16-17-14(23-13)24(3,19)20)18-25(21,22)11-6-4-5-10(15)8-11/h4-6,8-9,12,18H,7H2,1-3H3/t12-/m0/s1. The molecule has 0 bridgehead atoms. The molecule has 0 radical (unpaired) electrons. The third-order valence-corrected chi connectivity index (χ3v) is 5.65. The highest BCUT2D eigenvalue weighted by molar-refractivity contribution is 7.90. The number of nitrogens with zero attached hydrogens (tertiary/aromatic N) is 2. The van der Waals surface area contributed by atoms with Crippen molar-refractivity contribution in [3.8, 4) is 0 Å². The molecule has 138 valence electrons. The van der Waals surface area contributed by atoms with E-state index in [1.54, 1.807) is 6.07 Å². The van der Waals surface area contributed by atoms with E-state index in [-0.39, 0.29) is 21.7 Å². The van der Waals surface area contributed by atoms with E-state index in [0.717, 1.165) is 6.26 Å². The number of hydrogen-bond acceptors (Lipinski definition) is 7. The second-order valence-electron chi connectivity index (χ2n) is 5.94. The van der Waals surface area contributed by atoms with Crippen molar-refractivity contribution in [3.05, 3.63) is 35.2 Å². The number of rotatable bonds is 7. The van der Waals surface area contributed by atoms with E-state index in [4.69, 9.17) is 16.0 Å². The zero-order valence-electron chi connectivity index (χ0n) is 13.8. The Balaban J connectivity index is 2.36. The molecule has 0 aliphatic carbocycles. The number of nitrogens with one attached hydrogen (secondary N) is 1. The molecule has 1 aromatic carbocycles. The molecule has 11 heteroatoms. The zero-order valence-corrected chi connectivity index (χ0v) is 16.2. The highest BCUT2D eigenvalue weighted by atomic mass is 35.5. The van der Waals surface area contributed by atoms with E-state index < -0.39 is 31.1 Å². The van der Waals surface area contributed by atoms with Crippen LogP contribution in [0.3, 0.4) is 0 Å². The maximum Gasteiger partial charge on any atom is 0.335 e. The fraction of sp³-hybridized carbons (Fsp3) is 0.429. The van der Waals surface area contributed by atoms with E-state index in [2.05, 4.69) is 14.9 Å². The van der Waals surface area contributed by atoms with Crippen molar-refractivity contribution in [1.29, 1.82) is 0 Å². The van der Waals surface area contributed by atoms with Gasteiger partial charge in [-0.2, -0.15) is 4.72 Å². The molecule has 0 unspecified atom stereocenters. The quantitative estimate of drug-likeness (QED) is 0.746. The van der Waals surface area contributed by atoms with E-state index in [1.165, 1.54) is 18.2 Å². The van der Waals surface area contributed by atoms with E-state index in [9.17, 15) is 16.8 Å². The summed E-state index contributed by atoms with van der Waals surface area (Å²) >= 11 is 5.84. The molecule has 1 atom stereocenters. The van der Waals surface area contributed by atoms with Gasteiger partial charge in [-0.25, -0.2) is 16.8 Å². The third-order valence-electron chi connectivity index (χ3n) is 3.15. The predicted molar refractivity (Wildman–Crippen MR) is 91.4 cm³/mol. The van der Waals surface area contributed by atoms with Crippen LogP contribution in [0.25, 0.3) is 0 Å². The molecule has 0 amide bonds. The number of hydrogen-bond donors (Lipinski definition) is 1. The lowest BCUT2D eigenvalue weighted by molar-refractivity contribution is 0.340. The number of sulfone groups is 1. The van der Waals surface area contributed by atoms with Crippen molar-refractivity contribution in [3.63, 3.8) is 0 Å². The lowest BCUT2D eigenvalue weighted by atomic mass is 10.0. The van der Waals surface area contributed by atoms with Crippen LogP contribution < -0.4 is 4.72 Å². The van der Waals surface area contributed by atoms with E-state index in [0.29, 0.717) is 6.42 Å². The Morgan fingerprint density at radius 1 is 1.20 bits per heavy atom. The summed E-state index contributed by atoms with van der Waals surface area (Å²) in [4.78, 5) is -0.0170. The summed E-state index contributed by atoms with van der Waals surface area (Å²) in [6, 6.07) is 4.92. The van der Waals surface area contributed by atoms with Crippen LogP contribution in [0.2, 0.25) is 5.02 Å². The number of aromatic nitrogens is 2. The molecule has 0 saturated heterocycles. The minimum absolute atomic E-state index is 0.0170. The Bertz CT molecular complexity index is 954. The first-order chi connectivity index (χ1) is 11.5. The second kappa shape index (κ2) is 7.40. The predicted octanol–water partition coefficient (Wildman–Crippen LogP) is 2.19. The lowest BCUT2D eigenvalue weighted by Gasteiger charge is -2.17. The van der Waals surface area contributed by atoms with E-state index >= 15 is 0 Å². The molecular weight excluding hydrogens is 390 g/mol. The Morgan fingerprint density at radius 2 is 1.88 bits per heavy atom. The van der Waals surface area contributed by atoms with Gasteiger partial charge in [0.2, 0.25) is 25.8 Å². The van der Waals surface area contributed by atoms with Crippen LogP contribution in [0, 0.1) is 5.92 Å². The van der Waals surface area contributed by atoms with E-state index in [1.807, 2.05) is 13.8 Å². The summed E-state index contributed by atoms with van der Waals surface area (Å²) in [7, 11) is -7.59. The van der Waals surface area contributed by atoms with Gasteiger partial charge in [0.1, 0.15) is 6.04 Å². The fourth-order valence-electron chi connectivity index (χ4n) is 2.07. The summed E-state index contributed by atoms with van der Waals surface area (Å²) in [5, 5.41) is 6.88.